The first-order chi connectivity index (χ1) is 8.83. The molecule has 3 aliphatic rings. The van der Waals surface area contributed by atoms with Gasteiger partial charge in [-0.15, -0.1) is 0 Å². The summed E-state index contributed by atoms with van der Waals surface area (Å²) >= 11 is 0. The van der Waals surface area contributed by atoms with Crippen LogP contribution in [0.15, 0.2) is 0 Å². The molecule has 0 radical (unpaired) electrons. The van der Waals surface area contributed by atoms with Crippen molar-refractivity contribution in [3.05, 3.63) is 0 Å². The number of hydrogen-bond acceptors (Lipinski definition) is 3. The first-order valence-electron chi connectivity index (χ1n) is 7.41. The minimum absolute atomic E-state index is 0.296. The lowest BCUT2D eigenvalue weighted by Crippen LogP contribution is -2.42. The van der Waals surface area contributed by atoms with Crippen LogP contribution in [0.1, 0.15) is 32.1 Å². The molecule has 3 rings (SSSR count). The van der Waals surface area contributed by atoms with Gasteiger partial charge in [0.2, 0.25) is 5.91 Å². The van der Waals surface area contributed by atoms with Crippen molar-refractivity contribution in [2.75, 3.05) is 32.8 Å². The highest BCUT2D eigenvalue weighted by Crippen LogP contribution is 2.29. The summed E-state index contributed by atoms with van der Waals surface area (Å²) in [6.45, 7) is 4.18. The molecule has 1 atom stereocenters. The van der Waals surface area contributed by atoms with Gasteiger partial charge in [-0.2, -0.15) is 0 Å². The van der Waals surface area contributed by atoms with Gasteiger partial charge in [-0.1, -0.05) is 0 Å². The molecule has 18 heavy (non-hydrogen) atoms. The quantitative estimate of drug-likeness (QED) is 0.735. The molecule has 1 aliphatic heterocycles. The van der Waals surface area contributed by atoms with Gasteiger partial charge in [-0.3, -0.25) is 4.79 Å². The molecular weight excluding hydrogens is 228 g/mol. The smallest absolute Gasteiger partial charge is 0.236 e. The van der Waals surface area contributed by atoms with Crippen molar-refractivity contribution in [2.45, 2.75) is 38.1 Å². The van der Waals surface area contributed by atoms with Crippen LogP contribution in [0.3, 0.4) is 0 Å². The SMILES string of the molecule is O=C(CNCC1CC1)N(CC1CCOC1)C1CC1. The Bertz CT molecular complexity index is 294. The lowest BCUT2D eigenvalue weighted by atomic mass is 10.1. The van der Waals surface area contributed by atoms with Crippen molar-refractivity contribution < 1.29 is 9.53 Å². The van der Waals surface area contributed by atoms with E-state index in [1.807, 2.05) is 0 Å². The van der Waals surface area contributed by atoms with E-state index in [0.717, 1.165) is 38.6 Å². The van der Waals surface area contributed by atoms with Gasteiger partial charge in [0, 0.05) is 25.1 Å². The largest absolute Gasteiger partial charge is 0.381 e. The third kappa shape index (κ3) is 3.45. The Morgan fingerprint density at radius 1 is 1.17 bits per heavy atom. The molecule has 0 spiro atoms. The minimum Gasteiger partial charge on any atom is -0.381 e. The molecule has 1 unspecified atom stereocenters. The van der Waals surface area contributed by atoms with Crippen molar-refractivity contribution in [1.29, 1.82) is 0 Å². The molecule has 1 saturated heterocycles. The molecule has 0 aromatic heterocycles. The number of carbonyl (C=O) groups is 1. The van der Waals surface area contributed by atoms with Gasteiger partial charge in [-0.05, 0) is 44.6 Å². The highest BCUT2D eigenvalue weighted by Gasteiger charge is 2.34. The Kier molecular flexibility index (Phi) is 3.85. The molecule has 0 aromatic rings. The molecule has 4 heteroatoms. The fraction of sp³-hybridized carbons (Fsp3) is 0.929. The number of nitrogens with zero attached hydrogens (tertiary/aromatic N) is 1. The van der Waals surface area contributed by atoms with E-state index in [1.165, 1.54) is 25.7 Å². The van der Waals surface area contributed by atoms with Gasteiger partial charge in [0.1, 0.15) is 0 Å². The van der Waals surface area contributed by atoms with E-state index in [-0.39, 0.29) is 0 Å². The number of rotatable bonds is 7. The molecule has 1 heterocycles. The molecule has 2 saturated carbocycles. The fourth-order valence-corrected chi connectivity index (χ4v) is 2.65. The number of nitrogens with one attached hydrogen (secondary N) is 1. The first kappa shape index (κ1) is 12.4. The Morgan fingerprint density at radius 3 is 2.61 bits per heavy atom. The van der Waals surface area contributed by atoms with E-state index < -0.39 is 0 Å². The van der Waals surface area contributed by atoms with E-state index in [1.54, 1.807) is 0 Å². The number of amides is 1. The maximum Gasteiger partial charge on any atom is 0.236 e. The zero-order valence-electron chi connectivity index (χ0n) is 11.1. The summed E-state index contributed by atoms with van der Waals surface area (Å²) in [5.41, 5.74) is 0. The lowest BCUT2D eigenvalue weighted by molar-refractivity contribution is -0.131. The predicted molar refractivity (Wildman–Crippen MR) is 69.3 cm³/mol. The predicted octanol–water partition coefficient (Wildman–Crippen LogP) is 1.01. The number of carbonyl (C=O) groups excluding carboxylic acids is 1. The lowest BCUT2D eigenvalue weighted by Gasteiger charge is -2.25. The average molecular weight is 252 g/mol. The third-order valence-corrected chi connectivity index (χ3v) is 4.19. The highest BCUT2D eigenvalue weighted by atomic mass is 16.5. The Morgan fingerprint density at radius 2 is 2.00 bits per heavy atom. The van der Waals surface area contributed by atoms with E-state index in [9.17, 15) is 4.79 Å². The van der Waals surface area contributed by atoms with Crippen LogP contribution in [-0.4, -0.2) is 49.7 Å². The fourth-order valence-electron chi connectivity index (χ4n) is 2.65. The molecular formula is C14H24N2O2. The van der Waals surface area contributed by atoms with Crippen LogP contribution < -0.4 is 5.32 Å². The van der Waals surface area contributed by atoms with Gasteiger partial charge in [0.15, 0.2) is 0 Å². The van der Waals surface area contributed by atoms with Gasteiger partial charge in [-0.25, -0.2) is 0 Å². The summed E-state index contributed by atoms with van der Waals surface area (Å²) in [5.74, 6) is 1.71. The summed E-state index contributed by atoms with van der Waals surface area (Å²) in [4.78, 5) is 14.3. The monoisotopic (exact) mass is 252 g/mol. The molecule has 1 amide bonds. The van der Waals surface area contributed by atoms with Crippen LogP contribution in [0.2, 0.25) is 0 Å². The van der Waals surface area contributed by atoms with E-state index in [2.05, 4.69) is 10.2 Å². The molecule has 0 aromatic carbocycles. The summed E-state index contributed by atoms with van der Waals surface area (Å²) < 4.78 is 5.41. The van der Waals surface area contributed by atoms with E-state index >= 15 is 0 Å². The summed E-state index contributed by atoms with van der Waals surface area (Å²) in [7, 11) is 0. The van der Waals surface area contributed by atoms with Crippen molar-refractivity contribution in [1.82, 2.24) is 10.2 Å². The molecule has 0 bridgehead atoms. The van der Waals surface area contributed by atoms with Crippen molar-refractivity contribution >= 4 is 5.91 Å². The number of hydrogen-bond donors (Lipinski definition) is 1. The van der Waals surface area contributed by atoms with E-state index in [4.69, 9.17) is 4.74 Å². The zero-order valence-corrected chi connectivity index (χ0v) is 11.1. The Labute approximate surface area is 109 Å². The molecule has 4 nitrogen and oxygen atoms in total. The minimum atomic E-state index is 0.296. The molecule has 2 aliphatic carbocycles. The van der Waals surface area contributed by atoms with Gasteiger partial charge in [0.25, 0.3) is 0 Å². The maximum atomic E-state index is 12.2. The van der Waals surface area contributed by atoms with Crippen LogP contribution in [0, 0.1) is 11.8 Å². The summed E-state index contributed by atoms with van der Waals surface area (Å²) in [6.07, 6.45) is 6.19. The Balaban J connectivity index is 1.43. The van der Waals surface area contributed by atoms with Crippen molar-refractivity contribution in [3.8, 4) is 0 Å². The maximum absolute atomic E-state index is 12.2. The highest BCUT2D eigenvalue weighted by molar-refractivity contribution is 5.79. The third-order valence-electron chi connectivity index (χ3n) is 4.19. The van der Waals surface area contributed by atoms with Gasteiger partial charge < -0.3 is 15.0 Å². The molecule has 102 valence electrons. The first-order valence-corrected chi connectivity index (χ1v) is 7.41. The average Bonchev–Trinajstić information content (AvgIpc) is 3.28. The van der Waals surface area contributed by atoms with Crippen molar-refractivity contribution in [2.24, 2.45) is 11.8 Å². The van der Waals surface area contributed by atoms with Gasteiger partial charge >= 0.3 is 0 Å². The second-order valence-corrected chi connectivity index (χ2v) is 6.08. The van der Waals surface area contributed by atoms with E-state index in [0.29, 0.717) is 24.4 Å². The second-order valence-electron chi connectivity index (χ2n) is 6.08. The van der Waals surface area contributed by atoms with Crippen LogP contribution >= 0.6 is 0 Å². The van der Waals surface area contributed by atoms with Crippen LogP contribution in [0.5, 0.6) is 0 Å². The number of ether oxygens (including phenoxy) is 1. The van der Waals surface area contributed by atoms with Crippen molar-refractivity contribution in [3.63, 3.8) is 0 Å². The second kappa shape index (κ2) is 5.57. The standard InChI is InChI=1S/C14H24N2O2/c17-14(8-15-7-11-1-2-11)16(13-3-4-13)9-12-5-6-18-10-12/h11-13,15H,1-10H2. The molecule has 1 N–H and O–H groups in total. The van der Waals surface area contributed by atoms with Crippen LogP contribution in [0.25, 0.3) is 0 Å². The normalized spacial score (nSPS) is 27.4. The topological polar surface area (TPSA) is 41.6 Å². The van der Waals surface area contributed by atoms with Crippen LogP contribution in [-0.2, 0) is 9.53 Å². The Hall–Kier alpha value is -0.610. The molecule has 3 fully saturated rings. The van der Waals surface area contributed by atoms with Crippen LogP contribution in [0.4, 0.5) is 0 Å². The van der Waals surface area contributed by atoms with Gasteiger partial charge in [0.05, 0.1) is 13.2 Å². The summed E-state index contributed by atoms with van der Waals surface area (Å²) in [5, 5.41) is 3.31. The summed E-state index contributed by atoms with van der Waals surface area (Å²) in [6, 6.07) is 0.529. The zero-order chi connectivity index (χ0) is 12.4.